The van der Waals surface area contributed by atoms with Crippen LogP contribution in [-0.4, -0.2) is 9.97 Å². The van der Waals surface area contributed by atoms with Crippen LogP contribution in [0.2, 0.25) is 5.02 Å². The van der Waals surface area contributed by atoms with Crippen LogP contribution in [0.5, 0.6) is 11.5 Å². The van der Waals surface area contributed by atoms with Crippen LogP contribution in [0.1, 0.15) is 0 Å². The van der Waals surface area contributed by atoms with E-state index in [9.17, 15) is 4.79 Å². The number of nitrogen functional groups attached to an aromatic ring is 1. The highest BCUT2D eigenvalue weighted by Gasteiger charge is 2.03. The number of hydrogen-bond donors (Lipinski definition) is 2. The summed E-state index contributed by atoms with van der Waals surface area (Å²) in [6.07, 6.45) is 1.26. The molecule has 0 radical (unpaired) electrons. The fraction of sp³-hybridized carbons (Fsp3) is 0. The molecule has 1 aromatic carbocycles. The molecule has 5 nitrogen and oxygen atoms in total. The molecular weight excluding hydrogens is 230 g/mol. The average Bonchev–Trinajstić information content (AvgIpc) is 2.22. The lowest BCUT2D eigenvalue weighted by molar-refractivity contribution is 0.472. The van der Waals surface area contributed by atoms with Gasteiger partial charge in [0.15, 0.2) is 5.95 Å². The van der Waals surface area contributed by atoms with E-state index in [4.69, 9.17) is 22.1 Å². The maximum atomic E-state index is 11.4. The van der Waals surface area contributed by atoms with E-state index in [-0.39, 0.29) is 11.7 Å². The van der Waals surface area contributed by atoms with E-state index in [2.05, 4.69) is 9.97 Å². The molecule has 0 aliphatic rings. The minimum Gasteiger partial charge on any atom is -0.450 e. The number of nitrogens with zero attached hydrogens (tertiary/aromatic N) is 1. The van der Waals surface area contributed by atoms with Crippen molar-refractivity contribution in [3.05, 3.63) is 45.8 Å². The zero-order chi connectivity index (χ0) is 11.5. The maximum absolute atomic E-state index is 11.4. The molecule has 0 saturated heterocycles. The van der Waals surface area contributed by atoms with Gasteiger partial charge in [-0.15, -0.1) is 0 Å². The van der Waals surface area contributed by atoms with Crippen LogP contribution >= 0.6 is 11.6 Å². The largest absolute Gasteiger partial charge is 0.450 e. The van der Waals surface area contributed by atoms with Crippen LogP contribution in [-0.2, 0) is 0 Å². The predicted octanol–water partition coefficient (Wildman–Crippen LogP) is 1.80. The van der Waals surface area contributed by atoms with Crippen molar-refractivity contribution in [3.63, 3.8) is 0 Å². The van der Waals surface area contributed by atoms with Gasteiger partial charge >= 0.3 is 0 Å². The SMILES string of the molecule is Nc1ncc(Oc2cccc(Cl)c2)c(=O)[nH]1. The summed E-state index contributed by atoms with van der Waals surface area (Å²) in [7, 11) is 0. The van der Waals surface area contributed by atoms with Gasteiger partial charge in [-0.25, -0.2) is 4.98 Å². The summed E-state index contributed by atoms with van der Waals surface area (Å²) in [6.45, 7) is 0. The Morgan fingerprint density at radius 1 is 1.44 bits per heavy atom. The normalized spacial score (nSPS) is 10.1. The molecule has 0 unspecified atom stereocenters. The molecule has 0 spiro atoms. The Morgan fingerprint density at radius 3 is 2.94 bits per heavy atom. The number of halogens is 1. The van der Waals surface area contributed by atoms with Gasteiger partial charge in [-0.1, -0.05) is 17.7 Å². The Morgan fingerprint density at radius 2 is 2.25 bits per heavy atom. The highest BCUT2D eigenvalue weighted by Crippen LogP contribution is 2.21. The molecule has 16 heavy (non-hydrogen) atoms. The van der Waals surface area contributed by atoms with Gasteiger partial charge in [0, 0.05) is 5.02 Å². The van der Waals surface area contributed by atoms with Gasteiger partial charge in [0.05, 0.1) is 6.20 Å². The highest BCUT2D eigenvalue weighted by molar-refractivity contribution is 6.30. The first-order chi connectivity index (χ1) is 7.65. The Hall–Kier alpha value is -2.01. The van der Waals surface area contributed by atoms with Crippen molar-refractivity contribution >= 4 is 17.5 Å². The number of rotatable bonds is 2. The van der Waals surface area contributed by atoms with Crippen LogP contribution in [0.25, 0.3) is 0 Å². The van der Waals surface area contributed by atoms with Crippen LogP contribution in [0.4, 0.5) is 5.95 Å². The van der Waals surface area contributed by atoms with Gasteiger partial charge in [0.2, 0.25) is 5.75 Å². The third-order valence-electron chi connectivity index (χ3n) is 1.81. The van der Waals surface area contributed by atoms with Crippen LogP contribution in [0.3, 0.4) is 0 Å². The number of anilines is 1. The summed E-state index contributed by atoms with van der Waals surface area (Å²) >= 11 is 5.77. The number of aromatic amines is 1. The predicted molar refractivity (Wildman–Crippen MR) is 60.8 cm³/mol. The molecule has 2 aromatic rings. The first kappa shape index (κ1) is 10.5. The second kappa shape index (κ2) is 4.24. The minimum absolute atomic E-state index is 0.0449. The van der Waals surface area contributed by atoms with Gasteiger partial charge in [-0.2, -0.15) is 0 Å². The first-order valence-electron chi connectivity index (χ1n) is 4.43. The summed E-state index contributed by atoms with van der Waals surface area (Å²) in [6, 6.07) is 6.70. The highest BCUT2D eigenvalue weighted by atomic mass is 35.5. The van der Waals surface area contributed by atoms with E-state index in [1.54, 1.807) is 24.3 Å². The van der Waals surface area contributed by atoms with Crippen molar-refractivity contribution in [2.24, 2.45) is 0 Å². The molecule has 2 rings (SSSR count). The third-order valence-corrected chi connectivity index (χ3v) is 2.05. The Bertz CT molecular complexity index is 568. The Kier molecular flexibility index (Phi) is 2.78. The summed E-state index contributed by atoms with van der Waals surface area (Å²) < 4.78 is 5.30. The van der Waals surface area contributed by atoms with E-state index < -0.39 is 5.56 Å². The number of aromatic nitrogens is 2. The summed E-state index contributed by atoms with van der Waals surface area (Å²) in [5.41, 5.74) is 4.86. The second-order valence-corrected chi connectivity index (χ2v) is 3.46. The molecule has 0 atom stereocenters. The van der Waals surface area contributed by atoms with Gasteiger partial charge < -0.3 is 10.5 Å². The van der Waals surface area contributed by atoms with E-state index in [1.807, 2.05) is 0 Å². The molecule has 1 heterocycles. The van der Waals surface area contributed by atoms with Crippen LogP contribution < -0.4 is 16.0 Å². The molecular formula is C10H8ClN3O2. The van der Waals surface area contributed by atoms with Gasteiger partial charge in [0.1, 0.15) is 5.75 Å². The minimum atomic E-state index is -0.438. The zero-order valence-electron chi connectivity index (χ0n) is 8.11. The van der Waals surface area contributed by atoms with Crippen molar-refractivity contribution in [1.29, 1.82) is 0 Å². The number of H-pyrrole nitrogens is 1. The number of nitrogens with one attached hydrogen (secondary N) is 1. The zero-order valence-corrected chi connectivity index (χ0v) is 8.86. The molecule has 6 heteroatoms. The number of hydrogen-bond acceptors (Lipinski definition) is 4. The molecule has 0 bridgehead atoms. The first-order valence-corrected chi connectivity index (χ1v) is 4.81. The molecule has 0 saturated carbocycles. The van der Waals surface area contributed by atoms with E-state index >= 15 is 0 Å². The standard InChI is InChI=1S/C10H8ClN3O2/c11-6-2-1-3-7(4-6)16-8-5-13-10(12)14-9(8)15/h1-5H,(H3,12,13,14,15). The fourth-order valence-electron chi connectivity index (χ4n) is 1.13. The molecule has 3 N–H and O–H groups in total. The second-order valence-electron chi connectivity index (χ2n) is 3.02. The quantitative estimate of drug-likeness (QED) is 0.835. The van der Waals surface area contributed by atoms with Crippen molar-refractivity contribution in [2.75, 3.05) is 5.73 Å². The number of ether oxygens (including phenoxy) is 1. The lowest BCUT2D eigenvalue weighted by Crippen LogP contribution is -2.12. The fourth-order valence-corrected chi connectivity index (χ4v) is 1.31. The smallest absolute Gasteiger partial charge is 0.295 e. The van der Waals surface area contributed by atoms with E-state index in [1.165, 1.54) is 6.20 Å². The van der Waals surface area contributed by atoms with Gasteiger partial charge in [0.25, 0.3) is 5.56 Å². The topological polar surface area (TPSA) is 81.0 Å². The van der Waals surface area contributed by atoms with Crippen molar-refractivity contribution < 1.29 is 4.74 Å². The number of benzene rings is 1. The van der Waals surface area contributed by atoms with Crippen molar-refractivity contribution in [2.45, 2.75) is 0 Å². The lowest BCUT2D eigenvalue weighted by atomic mass is 10.3. The van der Waals surface area contributed by atoms with Crippen LogP contribution in [0.15, 0.2) is 35.3 Å². The monoisotopic (exact) mass is 237 g/mol. The summed E-state index contributed by atoms with van der Waals surface area (Å²) in [5, 5.41) is 0.525. The van der Waals surface area contributed by atoms with Crippen molar-refractivity contribution in [3.8, 4) is 11.5 Å². The van der Waals surface area contributed by atoms with Gasteiger partial charge in [-0.3, -0.25) is 9.78 Å². The van der Waals surface area contributed by atoms with Gasteiger partial charge in [-0.05, 0) is 18.2 Å². The molecule has 0 fully saturated rings. The molecule has 1 aromatic heterocycles. The third kappa shape index (κ3) is 2.32. The number of nitrogens with two attached hydrogens (primary N) is 1. The Balaban J connectivity index is 2.31. The lowest BCUT2D eigenvalue weighted by Gasteiger charge is -2.04. The van der Waals surface area contributed by atoms with E-state index in [0.717, 1.165) is 0 Å². The summed E-state index contributed by atoms with van der Waals surface area (Å²) in [5.74, 6) is 0.574. The maximum Gasteiger partial charge on any atom is 0.295 e. The van der Waals surface area contributed by atoms with E-state index in [0.29, 0.717) is 10.8 Å². The summed E-state index contributed by atoms with van der Waals surface area (Å²) in [4.78, 5) is 17.4. The van der Waals surface area contributed by atoms with Crippen LogP contribution in [0, 0.1) is 0 Å². The van der Waals surface area contributed by atoms with Crippen molar-refractivity contribution in [1.82, 2.24) is 9.97 Å². The average molecular weight is 238 g/mol. The molecule has 0 aliphatic heterocycles. The molecule has 82 valence electrons. The molecule has 0 aliphatic carbocycles. The molecule has 0 amide bonds. The Labute approximate surface area is 95.8 Å².